The molecule has 2 aromatic rings. The minimum atomic E-state index is -0.942. The second-order valence-electron chi connectivity index (χ2n) is 5.75. The summed E-state index contributed by atoms with van der Waals surface area (Å²) in [6, 6.07) is 0. The summed E-state index contributed by atoms with van der Waals surface area (Å²) in [6.45, 7) is 5.38. The number of piperidine rings is 1. The summed E-state index contributed by atoms with van der Waals surface area (Å²) in [5.74, 6) is -0.396. The fourth-order valence-electron chi connectivity index (χ4n) is 3.08. The normalized spacial score (nSPS) is 15.7. The van der Waals surface area contributed by atoms with Gasteiger partial charge in [-0.05, 0) is 32.3 Å². The number of carbonyl (C=O) groups is 2. The number of rotatable bonds is 4. The maximum absolute atomic E-state index is 11.9. The topological polar surface area (TPSA) is 92.6 Å². The van der Waals surface area contributed by atoms with E-state index in [1.54, 1.807) is 6.92 Å². The Morgan fingerprint density at radius 1 is 1.38 bits per heavy atom. The van der Waals surface area contributed by atoms with E-state index >= 15 is 0 Å². The molecule has 0 atom stereocenters. The Morgan fingerprint density at radius 2 is 2.08 bits per heavy atom. The van der Waals surface area contributed by atoms with E-state index in [1.165, 1.54) is 17.7 Å². The Bertz CT molecular complexity index is 781. The number of carbonyl (C=O) groups excluding carboxylic acids is 1. The highest BCUT2D eigenvalue weighted by Gasteiger charge is 2.28. The van der Waals surface area contributed by atoms with Gasteiger partial charge in [0.25, 0.3) is 0 Å². The van der Waals surface area contributed by atoms with Crippen molar-refractivity contribution in [1.29, 1.82) is 0 Å². The zero-order valence-electron chi connectivity index (χ0n) is 13.6. The summed E-state index contributed by atoms with van der Waals surface area (Å²) in [4.78, 5) is 34.9. The summed E-state index contributed by atoms with van der Waals surface area (Å²) in [7, 11) is 0. The number of anilines is 1. The van der Waals surface area contributed by atoms with Crippen molar-refractivity contribution in [2.45, 2.75) is 26.7 Å². The van der Waals surface area contributed by atoms with Crippen LogP contribution in [-0.2, 0) is 9.53 Å². The van der Waals surface area contributed by atoms with Crippen molar-refractivity contribution in [3.05, 3.63) is 16.8 Å². The number of carboxylic acids is 1. The number of fused-ring (bicyclic) bond motifs is 1. The Labute approximate surface area is 143 Å². The standard InChI is InChI=1S/C16H19N3O4S/c1-3-23-16(22)10-4-6-19(7-5-10)13-11-9(2)12(15(20)21)24-14(11)18-8-17-13/h8,10H,3-7H2,1-2H3,(H,20,21). The van der Waals surface area contributed by atoms with Gasteiger partial charge in [0.2, 0.25) is 0 Å². The first-order valence-electron chi connectivity index (χ1n) is 7.91. The number of hydrogen-bond donors (Lipinski definition) is 1. The van der Waals surface area contributed by atoms with Crippen LogP contribution in [-0.4, -0.2) is 46.7 Å². The molecular weight excluding hydrogens is 330 g/mol. The Hall–Kier alpha value is -2.22. The monoisotopic (exact) mass is 349 g/mol. The van der Waals surface area contributed by atoms with E-state index in [2.05, 4.69) is 14.9 Å². The van der Waals surface area contributed by atoms with Crippen LogP contribution >= 0.6 is 11.3 Å². The number of ether oxygens (including phenoxy) is 1. The van der Waals surface area contributed by atoms with Gasteiger partial charge in [0.15, 0.2) is 0 Å². The number of aromatic nitrogens is 2. The van der Waals surface area contributed by atoms with E-state index in [1.807, 2.05) is 6.92 Å². The minimum Gasteiger partial charge on any atom is -0.477 e. The molecular formula is C16H19N3O4S. The first kappa shape index (κ1) is 16.6. The fourth-order valence-corrected chi connectivity index (χ4v) is 4.07. The molecule has 1 aliphatic heterocycles. The third-order valence-corrected chi connectivity index (χ3v) is 5.50. The average Bonchev–Trinajstić information content (AvgIpc) is 2.93. The lowest BCUT2D eigenvalue weighted by atomic mass is 9.97. The molecule has 0 spiro atoms. The molecule has 0 saturated carbocycles. The highest BCUT2D eigenvalue weighted by atomic mass is 32.1. The number of aromatic carboxylic acids is 1. The SMILES string of the molecule is CCOC(=O)C1CCN(c2ncnc3sc(C(=O)O)c(C)c23)CC1. The highest BCUT2D eigenvalue weighted by Crippen LogP contribution is 2.36. The number of hydrogen-bond acceptors (Lipinski definition) is 7. The van der Waals surface area contributed by atoms with Crippen LogP contribution in [0.1, 0.15) is 35.0 Å². The largest absolute Gasteiger partial charge is 0.477 e. The smallest absolute Gasteiger partial charge is 0.346 e. The molecule has 3 rings (SSSR count). The zero-order valence-corrected chi connectivity index (χ0v) is 14.4. The Kier molecular flexibility index (Phi) is 4.66. The van der Waals surface area contributed by atoms with Crippen molar-refractivity contribution in [1.82, 2.24) is 9.97 Å². The zero-order chi connectivity index (χ0) is 17.3. The second kappa shape index (κ2) is 6.72. The quantitative estimate of drug-likeness (QED) is 0.848. The van der Waals surface area contributed by atoms with Gasteiger partial charge in [-0.15, -0.1) is 11.3 Å². The molecule has 128 valence electrons. The third kappa shape index (κ3) is 2.93. The summed E-state index contributed by atoms with van der Waals surface area (Å²) in [5, 5.41) is 10.1. The molecule has 1 saturated heterocycles. The molecule has 8 heteroatoms. The van der Waals surface area contributed by atoms with Gasteiger partial charge in [0.05, 0.1) is 17.9 Å². The number of esters is 1. The van der Waals surface area contributed by atoms with Crippen molar-refractivity contribution >= 4 is 39.3 Å². The van der Waals surface area contributed by atoms with Gasteiger partial charge in [0.1, 0.15) is 21.9 Å². The van der Waals surface area contributed by atoms with Crippen molar-refractivity contribution in [3.8, 4) is 0 Å². The van der Waals surface area contributed by atoms with Gasteiger partial charge < -0.3 is 14.7 Å². The summed E-state index contributed by atoms with van der Waals surface area (Å²) < 4.78 is 5.09. The van der Waals surface area contributed by atoms with Crippen molar-refractivity contribution in [2.24, 2.45) is 5.92 Å². The van der Waals surface area contributed by atoms with E-state index in [4.69, 9.17) is 4.74 Å². The molecule has 1 aliphatic rings. The van der Waals surface area contributed by atoms with Crippen LogP contribution in [0.4, 0.5) is 5.82 Å². The molecule has 0 aromatic carbocycles. The maximum atomic E-state index is 11.9. The molecule has 1 fully saturated rings. The molecule has 0 amide bonds. The van der Waals surface area contributed by atoms with E-state index in [-0.39, 0.29) is 11.9 Å². The highest BCUT2D eigenvalue weighted by molar-refractivity contribution is 7.20. The van der Waals surface area contributed by atoms with Crippen LogP contribution in [0.5, 0.6) is 0 Å². The van der Waals surface area contributed by atoms with Crippen LogP contribution in [0.25, 0.3) is 10.2 Å². The van der Waals surface area contributed by atoms with Gasteiger partial charge in [-0.1, -0.05) is 0 Å². The van der Waals surface area contributed by atoms with Gasteiger partial charge in [0, 0.05) is 13.1 Å². The van der Waals surface area contributed by atoms with Crippen LogP contribution in [0.15, 0.2) is 6.33 Å². The van der Waals surface area contributed by atoms with Gasteiger partial charge in [-0.25, -0.2) is 14.8 Å². The Balaban J connectivity index is 1.86. The van der Waals surface area contributed by atoms with Crippen molar-refractivity contribution in [3.63, 3.8) is 0 Å². The van der Waals surface area contributed by atoms with Crippen LogP contribution in [0.3, 0.4) is 0 Å². The first-order chi connectivity index (χ1) is 11.5. The number of nitrogens with zero attached hydrogens (tertiary/aromatic N) is 3. The summed E-state index contributed by atoms with van der Waals surface area (Å²) >= 11 is 1.17. The predicted octanol–water partition coefficient (Wildman–Crippen LogP) is 2.48. The lowest BCUT2D eigenvalue weighted by molar-refractivity contribution is -0.148. The van der Waals surface area contributed by atoms with E-state index in [9.17, 15) is 14.7 Å². The summed E-state index contributed by atoms with van der Waals surface area (Å²) in [5.41, 5.74) is 0.700. The van der Waals surface area contributed by atoms with E-state index in [0.717, 1.165) is 11.2 Å². The number of aryl methyl sites for hydroxylation is 1. The third-order valence-electron chi connectivity index (χ3n) is 4.32. The van der Waals surface area contributed by atoms with Crippen LogP contribution < -0.4 is 4.90 Å². The lowest BCUT2D eigenvalue weighted by Crippen LogP contribution is -2.37. The van der Waals surface area contributed by atoms with Gasteiger partial charge in [-0.2, -0.15) is 0 Å². The lowest BCUT2D eigenvalue weighted by Gasteiger charge is -2.32. The van der Waals surface area contributed by atoms with E-state index in [0.29, 0.717) is 47.8 Å². The molecule has 0 bridgehead atoms. The molecule has 0 unspecified atom stereocenters. The molecule has 7 nitrogen and oxygen atoms in total. The second-order valence-corrected chi connectivity index (χ2v) is 6.75. The molecule has 1 N–H and O–H groups in total. The molecule has 3 heterocycles. The maximum Gasteiger partial charge on any atom is 0.346 e. The molecule has 24 heavy (non-hydrogen) atoms. The first-order valence-corrected chi connectivity index (χ1v) is 8.73. The van der Waals surface area contributed by atoms with Gasteiger partial charge in [-0.3, -0.25) is 4.79 Å². The number of thiophene rings is 1. The Morgan fingerprint density at radius 3 is 2.71 bits per heavy atom. The van der Waals surface area contributed by atoms with E-state index < -0.39 is 5.97 Å². The molecule has 0 radical (unpaired) electrons. The predicted molar refractivity (Wildman–Crippen MR) is 90.7 cm³/mol. The van der Waals surface area contributed by atoms with Crippen molar-refractivity contribution in [2.75, 3.05) is 24.6 Å². The molecule has 0 aliphatic carbocycles. The summed E-state index contributed by atoms with van der Waals surface area (Å²) in [6.07, 6.45) is 2.88. The van der Waals surface area contributed by atoms with Crippen LogP contribution in [0.2, 0.25) is 0 Å². The van der Waals surface area contributed by atoms with Gasteiger partial charge >= 0.3 is 11.9 Å². The van der Waals surface area contributed by atoms with Crippen LogP contribution in [0, 0.1) is 12.8 Å². The molecule has 2 aromatic heterocycles. The fraction of sp³-hybridized carbons (Fsp3) is 0.500. The van der Waals surface area contributed by atoms with Crippen molar-refractivity contribution < 1.29 is 19.4 Å². The average molecular weight is 349 g/mol. The minimum absolute atomic E-state index is 0.0725. The number of carboxylic acid groups (broad SMARTS) is 1.